The summed E-state index contributed by atoms with van der Waals surface area (Å²) in [5, 5.41) is 12.2. The first-order chi connectivity index (χ1) is 15.0. The first kappa shape index (κ1) is 24.4. The van der Waals surface area contributed by atoms with Gasteiger partial charge in [-0.25, -0.2) is 22.0 Å². The zero-order chi connectivity index (χ0) is 23.5. The molecule has 1 saturated heterocycles. The van der Waals surface area contributed by atoms with E-state index in [1.54, 1.807) is 30.7 Å². The number of amides is 1. The van der Waals surface area contributed by atoms with Crippen LogP contribution in [0, 0.1) is 13.8 Å². The van der Waals surface area contributed by atoms with E-state index < -0.39 is 20.0 Å². The van der Waals surface area contributed by atoms with Crippen LogP contribution in [-0.2, 0) is 37.8 Å². The Hall–Kier alpha value is -2.28. The van der Waals surface area contributed by atoms with Crippen molar-refractivity contribution in [2.75, 3.05) is 19.6 Å². The smallest absolute Gasteiger partial charge is 0.246 e. The summed E-state index contributed by atoms with van der Waals surface area (Å²) in [6.45, 7) is 5.11. The van der Waals surface area contributed by atoms with Crippen molar-refractivity contribution in [3.63, 3.8) is 0 Å². The third kappa shape index (κ3) is 5.55. The summed E-state index contributed by atoms with van der Waals surface area (Å²) in [5.74, 6) is -0.178. The molecule has 2 heterocycles. The van der Waals surface area contributed by atoms with Crippen LogP contribution in [0.25, 0.3) is 0 Å². The van der Waals surface area contributed by atoms with E-state index in [0.717, 1.165) is 18.4 Å². The Balaban J connectivity index is 1.53. The molecule has 12 heteroatoms. The molecule has 176 valence electrons. The molecule has 0 atom stereocenters. The Kier molecular flexibility index (Phi) is 7.38. The second kappa shape index (κ2) is 9.69. The molecule has 1 aliphatic heterocycles. The van der Waals surface area contributed by atoms with E-state index in [9.17, 15) is 21.6 Å². The molecule has 0 radical (unpaired) electrons. The Bertz CT molecular complexity index is 1180. The van der Waals surface area contributed by atoms with Crippen molar-refractivity contribution >= 4 is 26.0 Å². The number of carbonyl (C=O) groups excluding carboxylic acids is 1. The van der Waals surface area contributed by atoms with Gasteiger partial charge in [-0.15, -0.1) is 0 Å². The van der Waals surface area contributed by atoms with Crippen LogP contribution in [0.4, 0.5) is 0 Å². The molecule has 3 N–H and O–H groups in total. The fraction of sp³-hybridized carbons (Fsp3) is 0.500. The second-order valence-electron chi connectivity index (χ2n) is 7.87. The minimum atomic E-state index is -3.72. The number of rotatable bonds is 9. The van der Waals surface area contributed by atoms with E-state index >= 15 is 0 Å². The molecular weight excluding hydrogens is 454 g/mol. The summed E-state index contributed by atoms with van der Waals surface area (Å²) in [4.78, 5) is 12.5. The highest BCUT2D eigenvalue weighted by Crippen LogP contribution is 2.26. The number of carbonyl (C=O) groups is 1. The molecular formula is C20H29N5O5S2. The van der Waals surface area contributed by atoms with E-state index in [2.05, 4.69) is 10.4 Å². The standard InChI is InChI=1S/C20H29N5O5S2/c1-15-20(32(29,30)24-12-3-4-13-24)16(2)25(23-15)14-10-19(26)22-11-9-17-5-7-18(8-6-17)31(21,27)28/h5-8H,3-4,9-14H2,1-2H3,(H,22,26)(H2,21,27,28). The van der Waals surface area contributed by atoms with Gasteiger partial charge in [0.1, 0.15) is 4.90 Å². The number of aromatic nitrogens is 2. The molecule has 0 saturated carbocycles. The van der Waals surface area contributed by atoms with Gasteiger partial charge >= 0.3 is 0 Å². The van der Waals surface area contributed by atoms with Crippen LogP contribution in [0.5, 0.6) is 0 Å². The average Bonchev–Trinajstić information content (AvgIpc) is 3.35. The summed E-state index contributed by atoms with van der Waals surface area (Å²) < 4.78 is 51.5. The van der Waals surface area contributed by atoms with Crippen molar-refractivity contribution in [2.24, 2.45) is 5.14 Å². The molecule has 1 fully saturated rings. The second-order valence-corrected chi connectivity index (χ2v) is 11.3. The van der Waals surface area contributed by atoms with Gasteiger partial charge in [-0.3, -0.25) is 9.48 Å². The van der Waals surface area contributed by atoms with Crippen LogP contribution in [0.1, 0.15) is 36.2 Å². The molecule has 1 aliphatic rings. The monoisotopic (exact) mass is 483 g/mol. The highest BCUT2D eigenvalue weighted by molar-refractivity contribution is 7.89. The summed E-state index contributed by atoms with van der Waals surface area (Å²) >= 11 is 0. The van der Waals surface area contributed by atoms with Crippen LogP contribution in [0.2, 0.25) is 0 Å². The lowest BCUT2D eigenvalue weighted by Gasteiger charge is -2.15. The quantitative estimate of drug-likeness (QED) is 0.537. The van der Waals surface area contributed by atoms with Gasteiger partial charge in [-0.05, 0) is 50.8 Å². The molecule has 0 unspecified atom stereocenters. The van der Waals surface area contributed by atoms with Gasteiger partial charge in [-0.2, -0.15) is 9.40 Å². The molecule has 0 spiro atoms. The van der Waals surface area contributed by atoms with Gasteiger partial charge in [0.15, 0.2) is 0 Å². The normalized spacial score (nSPS) is 15.2. The van der Waals surface area contributed by atoms with Crippen molar-refractivity contribution in [1.82, 2.24) is 19.4 Å². The fourth-order valence-corrected chi connectivity index (χ4v) is 6.22. The van der Waals surface area contributed by atoms with Crippen LogP contribution in [-0.4, -0.2) is 56.5 Å². The van der Waals surface area contributed by atoms with Crippen LogP contribution in [0.15, 0.2) is 34.1 Å². The number of nitrogens with two attached hydrogens (primary N) is 1. The topological polar surface area (TPSA) is 144 Å². The SMILES string of the molecule is Cc1nn(CCC(=O)NCCc2ccc(S(N)(=O)=O)cc2)c(C)c1S(=O)(=O)N1CCCC1. The van der Waals surface area contributed by atoms with E-state index in [-0.39, 0.29) is 28.7 Å². The highest BCUT2D eigenvalue weighted by atomic mass is 32.2. The van der Waals surface area contributed by atoms with Gasteiger partial charge < -0.3 is 5.32 Å². The van der Waals surface area contributed by atoms with E-state index in [0.29, 0.717) is 37.4 Å². The maximum absolute atomic E-state index is 12.9. The van der Waals surface area contributed by atoms with Gasteiger partial charge in [0.25, 0.3) is 0 Å². The Labute approximate surface area is 188 Å². The largest absolute Gasteiger partial charge is 0.356 e. The molecule has 1 aromatic carbocycles. The van der Waals surface area contributed by atoms with Crippen molar-refractivity contribution in [1.29, 1.82) is 0 Å². The molecule has 10 nitrogen and oxygen atoms in total. The van der Waals surface area contributed by atoms with E-state index in [1.807, 2.05) is 0 Å². The fourth-order valence-electron chi connectivity index (χ4n) is 3.82. The number of benzene rings is 1. The lowest BCUT2D eigenvalue weighted by Crippen LogP contribution is -2.29. The lowest BCUT2D eigenvalue weighted by atomic mass is 10.1. The van der Waals surface area contributed by atoms with Gasteiger partial charge in [0.05, 0.1) is 22.8 Å². The number of nitrogens with zero attached hydrogens (tertiary/aromatic N) is 3. The van der Waals surface area contributed by atoms with E-state index in [1.165, 1.54) is 16.4 Å². The number of hydrogen-bond acceptors (Lipinski definition) is 6. The zero-order valence-electron chi connectivity index (χ0n) is 18.2. The summed E-state index contributed by atoms with van der Waals surface area (Å²) in [5.41, 5.74) is 1.85. The average molecular weight is 484 g/mol. The van der Waals surface area contributed by atoms with Gasteiger partial charge in [-0.1, -0.05) is 12.1 Å². The maximum Gasteiger partial charge on any atom is 0.246 e. The lowest BCUT2D eigenvalue weighted by molar-refractivity contribution is -0.121. The van der Waals surface area contributed by atoms with Crippen LogP contribution >= 0.6 is 0 Å². The Morgan fingerprint density at radius 1 is 1.09 bits per heavy atom. The highest BCUT2D eigenvalue weighted by Gasteiger charge is 2.32. The number of primary sulfonamides is 1. The van der Waals surface area contributed by atoms with Crippen molar-refractivity contribution in [3.05, 3.63) is 41.2 Å². The van der Waals surface area contributed by atoms with Crippen LogP contribution < -0.4 is 10.5 Å². The molecule has 0 bridgehead atoms. The molecule has 1 amide bonds. The minimum Gasteiger partial charge on any atom is -0.356 e. The van der Waals surface area contributed by atoms with Gasteiger partial charge in [0, 0.05) is 26.1 Å². The van der Waals surface area contributed by atoms with Gasteiger partial charge in [0.2, 0.25) is 26.0 Å². The van der Waals surface area contributed by atoms with Crippen molar-refractivity contribution in [2.45, 2.75) is 55.9 Å². The molecule has 32 heavy (non-hydrogen) atoms. The third-order valence-corrected chi connectivity index (χ3v) is 8.60. The van der Waals surface area contributed by atoms with Crippen molar-refractivity contribution < 1.29 is 21.6 Å². The minimum absolute atomic E-state index is 0.0429. The van der Waals surface area contributed by atoms with Crippen molar-refractivity contribution in [3.8, 4) is 0 Å². The first-order valence-corrected chi connectivity index (χ1v) is 13.4. The third-order valence-electron chi connectivity index (χ3n) is 5.52. The Morgan fingerprint density at radius 3 is 2.31 bits per heavy atom. The molecule has 1 aromatic heterocycles. The summed E-state index contributed by atoms with van der Waals surface area (Å²) in [6, 6.07) is 6.18. The summed E-state index contributed by atoms with van der Waals surface area (Å²) in [7, 11) is -7.30. The van der Waals surface area contributed by atoms with Crippen LogP contribution in [0.3, 0.4) is 0 Å². The Morgan fingerprint density at radius 2 is 1.72 bits per heavy atom. The predicted molar refractivity (Wildman–Crippen MR) is 119 cm³/mol. The number of sulfonamides is 2. The summed E-state index contributed by atoms with van der Waals surface area (Å²) in [6.07, 6.45) is 2.42. The number of hydrogen-bond donors (Lipinski definition) is 2. The number of aryl methyl sites for hydroxylation is 2. The molecule has 3 rings (SSSR count). The first-order valence-electron chi connectivity index (χ1n) is 10.4. The predicted octanol–water partition coefficient (Wildman–Crippen LogP) is 0.681. The zero-order valence-corrected chi connectivity index (χ0v) is 19.9. The number of nitrogens with one attached hydrogen (secondary N) is 1. The van der Waals surface area contributed by atoms with E-state index in [4.69, 9.17) is 5.14 Å². The maximum atomic E-state index is 12.9. The molecule has 0 aliphatic carbocycles. The molecule has 2 aromatic rings.